The highest BCUT2D eigenvalue weighted by Crippen LogP contribution is 2.22. The number of rotatable bonds is 7. The first-order valence-corrected chi connectivity index (χ1v) is 9.57. The van der Waals surface area contributed by atoms with Gasteiger partial charge in [0.1, 0.15) is 0 Å². The van der Waals surface area contributed by atoms with Gasteiger partial charge in [-0.1, -0.05) is 11.2 Å². The number of thiophene rings is 2. The molecule has 3 rings (SSSR count). The highest BCUT2D eigenvalue weighted by molar-refractivity contribution is 9.11. The Morgan fingerprint density at radius 3 is 2.96 bits per heavy atom. The van der Waals surface area contributed by atoms with Crippen molar-refractivity contribution in [2.24, 2.45) is 0 Å². The molecule has 23 heavy (non-hydrogen) atoms. The summed E-state index contributed by atoms with van der Waals surface area (Å²) in [6, 6.07) is 7.96. The van der Waals surface area contributed by atoms with Crippen molar-refractivity contribution in [1.82, 2.24) is 15.5 Å². The second-order valence-corrected chi connectivity index (χ2v) is 8.29. The molecule has 5 nitrogen and oxygen atoms in total. The summed E-state index contributed by atoms with van der Waals surface area (Å²) in [6.07, 6.45) is 1.64. The average Bonchev–Trinajstić information content (AvgIpc) is 3.26. The molecule has 0 atom stereocenters. The van der Waals surface area contributed by atoms with Crippen molar-refractivity contribution in [3.8, 4) is 10.7 Å². The molecule has 0 saturated heterocycles. The van der Waals surface area contributed by atoms with Crippen LogP contribution in [0, 0.1) is 0 Å². The van der Waals surface area contributed by atoms with Crippen molar-refractivity contribution in [2.75, 3.05) is 6.54 Å². The predicted molar refractivity (Wildman–Crippen MR) is 94.7 cm³/mol. The van der Waals surface area contributed by atoms with Crippen molar-refractivity contribution >= 4 is 44.5 Å². The van der Waals surface area contributed by atoms with E-state index in [9.17, 15) is 4.79 Å². The van der Waals surface area contributed by atoms with E-state index in [4.69, 9.17) is 4.52 Å². The number of amides is 1. The second kappa shape index (κ2) is 7.85. The molecule has 1 amide bonds. The lowest BCUT2D eigenvalue weighted by molar-refractivity contribution is -0.121. The molecule has 0 aliphatic carbocycles. The molecule has 3 heterocycles. The maximum atomic E-state index is 11.8. The number of aryl methyl sites for hydroxylation is 1. The van der Waals surface area contributed by atoms with Gasteiger partial charge in [-0.2, -0.15) is 4.98 Å². The predicted octanol–water partition coefficient (Wildman–Crippen LogP) is 3.91. The van der Waals surface area contributed by atoms with Crippen LogP contribution in [-0.4, -0.2) is 22.6 Å². The maximum absolute atomic E-state index is 11.8. The van der Waals surface area contributed by atoms with E-state index >= 15 is 0 Å². The molecule has 0 aromatic carbocycles. The lowest BCUT2D eigenvalue weighted by Crippen LogP contribution is -2.25. The van der Waals surface area contributed by atoms with Crippen LogP contribution in [0.15, 0.2) is 38.0 Å². The minimum atomic E-state index is -0.00324. The number of nitrogens with one attached hydrogen (secondary N) is 1. The zero-order valence-corrected chi connectivity index (χ0v) is 15.3. The van der Waals surface area contributed by atoms with Gasteiger partial charge in [0.25, 0.3) is 0 Å². The first-order chi connectivity index (χ1) is 11.2. The summed E-state index contributed by atoms with van der Waals surface area (Å²) in [5, 5.41) is 8.80. The highest BCUT2D eigenvalue weighted by Gasteiger charge is 2.11. The summed E-state index contributed by atoms with van der Waals surface area (Å²) in [4.78, 5) is 18.4. The monoisotopic (exact) mass is 411 g/mol. The van der Waals surface area contributed by atoms with Crippen LogP contribution in [0.1, 0.15) is 17.2 Å². The maximum Gasteiger partial charge on any atom is 0.227 e. The summed E-state index contributed by atoms with van der Waals surface area (Å²) in [7, 11) is 0. The third-order valence-electron chi connectivity index (χ3n) is 3.10. The second-order valence-electron chi connectivity index (χ2n) is 4.79. The zero-order valence-electron chi connectivity index (χ0n) is 12.1. The summed E-state index contributed by atoms with van der Waals surface area (Å²) >= 11 is 6.67. The van der Waals surface area contributed by atoms with Crippen LogP contribution in [0.2, 0.25) is 0 Å². The number of carbonyl (C=O) groups is 1. The minimum Gasteiger partial charge on any atom is -0.356 e. The molecule has 0 fully saturated rings. The Balaban J connectivity index is 1.40. The topological polar surface area (TPSA) is 68.0 Å². The molecule has 0 aliphatic rings. The van der Waals surface area contributed by atoms with Crippen molar-refractivity contribution in [3.05, 3.63) is 44.2 Å². The SMILES string of the molecule is O=C(CCc1nc(-c2cccs2)no1)NCCc1ccc(Br)s1. The summed E-state index contributed by atoms with van der Waals surface area (Å²) < 4.78 is 6.29. The van der Waals surface area contributed by atoms with Gasteiger partial charge < -0.3 is 9.84 Å². The first kappa shape index (κ1) is 16.4. The molecule has 0 saturated carbocycles. The quantitative estimate of drug-likeness (QED) is 0.639. The van der Waals surface area contributed by atoms with Crippen LogP contribution in [0.4, 0.5) is 0 Å². The van der Waals surface area contributed by atoms with Gasteiger partial charge in [-0.15, -0.1) is 22.7 Å². The Bertz CT molecular complexity index is 767. The summed E-state index contributed by atoms with van der Waals surface area (Å²) in [5.41, 5.74) is 0. The number of nitrogens with zero attached hydrogens (tertiary/aromatic N) is 2. The number of carbonyl (C=O) groups excluding carboxylic acids is 1. The Hall–Kier alpha value is -1.51. The van der Waals surface area contributed by atoms with Crippen molar-refractivity contribution in [1.29, 1.82) is 0 Å². The van der Waals surface area contributed by atoms with E-state index < -0.39 is 0 Å². The molecular formula is C15H14BrN3O2S2. The number of aromatic nitrogens is 2. The number of hydrogen-bond donors (Lipinski definition) is 1. The largest absolute Gasteiger partial charge is 0.356 e. The molecule has 1 N–H and O–H groups in total. The Morgan fingerprint density at radius 1 is 1.30 bits per heavy atom. The number of halogens is 1. The third-order valence-corrected chi connectivity index (χ3v) is 5.65. The van der Waals surface area contributed by atoms with Gasteiger partial charge >= 0.3 is 0 Å². The summed E-state index contributed by atoms with van der Waals surface area (Å²) in [6.45, 7) is 0.635. The fraction of sp³-hybridized carbons (Fsp3) is 0.267. The molecule has 0 radical (unpaired) electrons. The smallest absolute Gasteiger partial charge is 0.227 e. The lowest BCUT2D eigenvalue weighted by Gasteiger charge is -2.02. The molecule has 8 heteroatoms. The van der Waals surface area contributed by atoms with E-state index in [-0.39, 0.29) is 5.91 Å². The lowest BCUT2D eigenvalue weighted by atomic mass is 10.3. The van der Waals surface area contributed by atoms with Gasteiger partial charge in [0.2, 0.25) is 17.6 Å². The fourth-order valence-electron chi connectivity index (χ4n) is 1.98. The molecule has 0 spiro atoms. The van der Waals surface area contributed by atoms with Crippen LogP contribution in [0.25, 0.3) is 10.7 Å². The standard InChI is InChI=1S/C15H14BrN3O2S2/c16-12-4-3-10(23-12)7-8-17-13(20)5-6-14-18-15(19-21-14)11-2-1-9-22-11/h1-4,9H,5-8H2,(H,17,20). The fourth-order valence-corrected chi connectivity index (χ4v) is 4.11. The zero-order chi connectivity index (χ0) is 16.1. The van der Waals surface area contributed by atoms with Gasteiger partial charge in [-0.3, -0.25) is 4.79 Å². The Kier molecular flexibility index (Phi) is 5.58. The average molecular weight is 412 g/mol. The van der Waals surface area contributed by atoms with Crippen LogP contribution in [0.5, 0.6) is 0 Å². The van der Waals surface area contributed by atoms with Crippen LogP contribution in [0.3, 0.4) is 0 Å². The van der Waals surface area contributed by atoms with E-state index in [0.717, 1.165) is 15.1 Å². The van der Waals surface area contributed by atoms with Gasteiger partial charge in [-0.25, -0.2) is 0 Å². The Morgan fingerprint density at radius 2 is 2.22 bits per heavy atom. The van der Waals surface area contributed by atoms with E-state index in [1.807, 2.05) is 23.6 Å². The van der Waals surface area contributed by atoms with E-state index in [1.165, 1.54) is 4.88 Å². The highest BCUT2D eigenvalue weighted by atomic mass is 79.9. The normalized spacial score (nSPS) is 10.8. The molecule has 3 aromatic rings. The Labute approximate surface area is 149 Å². The number of hydrogen-bond acceptors (Lipinski definition) is 6. The summed E-state index contributed by atoms with van der Waals surface area (Å²) in [5.74, 6) is 1.07. The molecular weight excluding hydrogens is 398 g/mol. The van der Waals surface area contributed by atoms with Gasteiger partial charge in [0.15, 0.2) is 0 Å². The van der Waals surface area contributed by atoms with Gasteiger partial charge in [0, 0.05) is 24.3 Å². The van der Waals surface area contributed by atoms with Crippen molar-refractivity contribution in [3.63, 3.8) is 0 Å². The molecule has 0 aliphatic heterocycles. The molecule has 0 unspecified atom stereocenters. The third kappa shape index (κ3) is 4.73. The van der Waals surface area contributed by atoms with E-state index in [0.29, 0.717) is 31.1 Å². The van der Waals surface area contributed by atoms with Crippen molar-refractivity contribution < 1.29 is 9.32 Å². The molecule has 0 bridgehead atoms. The van der Waals surface area contributed by atoms with Crippen LogP contribution < -0.4 is 5.32 Å². The van der Waals surface area contributed by atoms with Gasteiger partial charge in [0.05, 0.1) is 8.66 Å². The molecule has 120 valence electrons. The van der Waals surface area contributed by atoms with E-state index in [2.05, 4.69) is 37.5 Å². The van der Waals surface area contributed by atoms with Gasteiger partial charge in [-0.05, 0) is 45.9 Å². The first-order valence-electron chi connectivity index (χ1n) is 7.08. The van der Waals surface area contributed by atoms with E-state index in [1.54, 1.807) is 22.7 Å². The van der Waals surface area contributed by atoms with Crippen LogP contribution in [-0.2, 0) is 17.6 Å². The van der Waals surface area contributed by atoms with Crippen LogP contribution >= 0.6 is 38.6 Å². The van der Waals surface area contributed by atoms with Crippen molar-refractivity contribution in [2.45, 2.75) is 19.3 Å². The molecule has 3 aromatic heterocycles. The minimum absolute atomic E-state index is 0.00324.